The van der Waals surface area contributed by atoms with E-state index in [1.165, 1.54) is 0 Å². The maximum atomic E-state index is 13.9. The summed E-state index contributed by atoms with van der Waals surface area (Å²) in [6, 6.07) is 34.0. The van der Waals surface area contributed by atoms with Gasteiger partial charge in [-0.1, -0.05) is 95.7 Å². The van der Waals surface area contributed by atoms with Gasteiger partial charge in [0.15, 0.2) is 0 Å². The van der Waals surface area contributed by atoms with Crippen LogP contribution in [0, 0.1) is 0 Å². The minimum absolute atomic E-state index is 0.0890. The summed E-state index contributed by atoms with van der Waals surface area (Å²) < 4.78 is 8.41. The van der Waals surface area contributed by atoms with Crippen LogP contribution in [-0.4, -0.2) is 27.0 Å². The molecule has 0 radical (unpaired) electrons. The van der Waals surface area contributed by atoms with E-state index in [2.05, 4.69) is 15.9 Å². The standard InChI is InChI=1S/C33H30BrN3O3/c1-2-30(32-35-29-16-10-9-15-28(29)33(39)37(32)27-19-17-26(34)18-20-27)36(21-24-11-5-3-6-12-24)31(38)23-40-22-25-13-7-4-8-14-25/h3-20,30H,2,21-23H2,1H3. The molecule has 0 aliphatic heterocycles. The number of carbonyl (C=O) groups excluding carboxylic acids is 1. The first-order chi connectivity index (χ1) is 19.5. The van der Waals surface area contributed by atoms with Gasteiger partial charge in [-0.2, -0.15) is 0 Å². The Kier molecular flexibility index (Phi) is 8.84. The van der Waals surface area contributed by atoms with Crippen molar-refractivity contribution >= 4 is 32.7 Å². The van der Waals surface area contributed by atoms with Crippen LogP contribution in [0.1, 0.15) is 36.3 Å². The largest absolute Gasteiger partial charge is 0.367 e. The molecule has 1 heterocycles. The number of halogens is 1. The molecule has 0 saturated heterocycles. The zero-order valence-electron chi connectivity index (χ0n) is 22.2. The lowest BCUT2D eigenvalue weighted by molar-refractivity contribution is -0.140. The highest BCUT2D eigenvalue weighted by Crippen LogP contribution is 2.28. The molecule has 40 heavy (non-hydrogen) atoms. The zero-order valence-corrected chi connectivity index (χ0v) is 23.8. The molecule has 5 aromatic rings. The molecule has 4 aromatic carbocycles. The average Bonchev–Trinajstić information content (AvgIpc) is 2.99. The van der Waals surface area contributed by atoms with Crippen molar-refractivity contribution in [1.29, 1.82) is 0 Å². The molecule has 1 amide bonds. The molecule has 0 bridgehead atoms. The normalized spacial score (nSPS) is 11.8. The highest BCUT2D eigenvalue weighted by atomic mass is 79.9. The lowest BCUT2D eigenvalue weighted by Crippen LogP contribution is -2.40. The van der Waals surface area contributed by atoms with Crippen molar-refractivity contribution in [3.63, 3.8) is 0 Å². The highest BCUT2D eigenvalue weighted by molar-refractivity contribution is 9.10. The molecule has 0 spiro atoms. The summed E-state index contributed by atoms with van der Waals surface area (Å²) in [6.45, 7) is 2.61. The topological polar surface area (TPSA) is 64.4 Å². The van der Waals surface area contributed by atoms with Gasteiger partial charge in [-0.3, -0.25) is 14.2 Å². The van der Waals surface area contributed by atoms with Gasteiger partial charge in [0.05, 0.1) is 29.2 Å². The maximum Gasteiger partial charge on any atom is 0.266 e. The fourth-order valence-electron chi connectivity index (χ4n) is 4.82. The second-order valence-corrected chi connectivity index (χ2v) is 10.4. The van der Waals surface area contributed by atoms with Gasteiger partial charge in [-0.15, -0.1) is 0 Å². The van der Waals surface area contributed by atoms with Crippen LogP contribution in [0.2, 0.25) is 0 Å². The van der Waals surface area contributed by atoms with E-state index >= 15 is 0 Å². The van der Waals surface area contributed by atoms with Gasteiger partial charge in [-0.25, -0.2) is 4.98 Å². The number of benzene rings is 4. The number of fused-ring (bicyclic) bond motifs is 1. The second-order valence-electron chi connectivity index (χ2n) is 9.51. The van der Waals surface area contributed by atoms with Crippen molar-refractivity contribution in [2.45, 2.75) is 32.5 Å². The number of aromatic nitrogens is 2. The van der Waals surface area contributed by atoms with Crippen molar-refractivity contribution in [3.8, 4) is 5.69 Å². The fourth-order valence-corrected chi connectivity index (χ4v) is 5.09. The minimum atomic E-state index is -0.478. The Morgan fingerprint density at radius 1 is 0.875 bits per heavy atom. The second kappa shape index (κ2) is 12.9. The van der Waals surface area contributed by atoms with Gasteiger partial charge in [-0.05, 0) is 53.9 Å². The summed E-state index contributed by atoms with van der Waals surface area (Å²) in [6.07, 6.45) is 0.554. The van der Waals surface area contributed by atoms with Crippen LogP contribution < -0.4 is 5.56 Å². The van der Waals surface area contributed by atoms with Crippen molar-refractivity contribution in [1.82, 2.24) is 14.5 Å². The Labute approximate surface area is 242 Å². The molecule has 202 valence electrons. The minimum Gasteiger partial charge on any atom is -0.367 e. The van der Waals surface area contributed by atoms with Crippen LogP contribution in [0.5, 0.6) is 0 Å². The van der Waals surface area contributed by atoms with Crippen molar-refractivity contribution < 1.29 is 9.53 Å². The number of carbonyl (C=O) groups is 1. The van der Waals surface area contributed by atoms with E-state index in [9.17, 15) is 9.59 Å². The molecule has 0 aliphatic carbocycles. The number of nitrogens with zero attached hydrogens (tertiary/aromatic N) is 3. The van der Waals surface area contributed by atoms with Crippen molar-refractivity contribution in [3.05, 3.63) is 141 Å². The van der Waals surface area contributed by atoms with Gasteiger partial charge in [0.25, 0.3) is 5.56 Å². The number of para-hydroxylation sites is 1. The Morgan fingerprint density at radius 2 is 1.50 bits per heavy atom. The molecule has 7 heteroatoms. The Hall–Kier alpha value is -4.07. The summed E-state index contributed by atoms with van der Waals surface area (Å²) in [5.41, 5.74) is 3.09. The molecule has 1 unspecified atom stereocenters. The molecule has 0 saturated carbocycles. The fraction of sp³-hybridized carbons (Fsp3) is 0.182. The summed E-state index contributed by atoms with van der Waals surface area (Å²) in [5.74, 6) is 0.345. The quantitative estimate of drug-likeness (QED) is 0.177. The van der Waals surface area contributed by atoms with E-state index in [0.29, 0.717) is 42.0 Å². The molecule has 6 nitrogen and oxygen atoms in total. The van der Waals surface area contributed by atoms with E-state index in [-0.39, 0.29) is 18.1 Å². The molecule has 1 aromatic heterocycles. The Bertz CT molecular complexity index is 1640. The first kappa shape index (κ1) is 27.5. The predicted octanol–water partition coefficient (Wildman–Crippen LogP) is 6.84. The van der Waals surface area contributed by atoms with Crippen LogP contribution in [0.3, 0.4) is 0 Å². The van der Waals surface area contributed by atoms with Crippen LogP contribution in [0.25, 0.3) is 16.6 Å². The van der Waals surface area contributed by atoms with Crippen LogP contribution in [0.4, 0.5) is 0 Å². The lowest BCUT2D eigenvalue weighted by Gasteiger charge is -2.32. The van der Waals surface area contributed by atoms with Gasteiger partial charge in [0, 0.05) is 11.0 Å². The summed E-state index contributed by atoms with van der Waals surface area (Å²) >= 11 is 3.49. The zero-order chi connectivity index (χ0) is 27.9. The van der Waals surface area contributed by atoms with Crippen molar-refractivity contribution in [2.24, 2.45) is 0 Å². The molecule has 0 N–H and O–H groups in total. The third kappa shape index (κ3) is 6.22. The van der Waals surface area contributed by atoms with Crippen LogP contribution >= 0.6 is 15.9 Å². The van der Waals surface area contributed by atoms with Gasteiger partial charge in [0.2, 0.25) is 5.91 Å². The third-order valence-corrected chi connectivity index (χ3v) is 7.33. The van der Waals surface area contributed by atoms with Crippen molar-refractivity contribution in [2.75, 3.05) is 6.61 Å². The molecule has 0 fully saturated rings. The molecule has 0 aliphatic rings. The molecule has 5 rings (SSSR count). The smallest absolute Gasteiger partial charge is 0.266 e. The van der Waals surface area contributed by atoms with E-state index in [0.717, 1.165) is 15.6 Å². The Morgan fingerprint density at radius 3 is 2.17 bits per heavy atom. The predicted molar refractivity (Wildman–Crippen MR) is 161 cm³/mol. The van der Waals surface area contributed by atoms with Crippen LogP contribution in [-0.2, 0) is 22.7 Å². The Balaban J connectivity index is 1.58. The van der Waals surface area contributed by atoms with Gasteiger partial charge < -0.3 is 9.64 Å². The van der Waals surface area contributed by atoms with E-state index in [1.54, 1.807) is 15.5 Å². The number of hydrogen-bond donors (Lipinski definition) is 0. The molecular formula is C33H30BrN3O3. The average molecular weight is 597 g/mol. The number of ether oxygens (including phenoxy) is 1. The van der Waals surface area contributed by atoms with Gasteiger partial charge in [0.1, 0.15) is 12.4 Å². The summed E-state index contributed by atoms with van der Waals surface area (Å²) in [5, 5.41) is 0.524. The monoisotopic (exact) mass is 595 g/mol. The number of amides is 1. The SMILES string of the molecule is CCC(c1nc2ccccc2c(=O)n1-c1ccc(Br)cc1)N(Cc1ccccc1)C(=O)COCc1ccccc1. The lowest BCUT2D eigenvalue weighted by atomic mass is 10.1. The molecule has 1 atom stereocenters. The number of hydrogen-bond acceptors (Lipinski definition) is 4. The number of rotatable bonds is 10. The summed E-state index contributed by atoms with van der Waals surface area (Å²) in [7, 11) is 0. The van der Waals surface area contributed by atoms with E-state index in [1.807, 2.05) is 110 Å². The third-order valence-electron chi connectivity index (χ3n) is 6.80. The van der Waals surface area contributed by atoms with Gasteiger partial charge >= 0.3 is 0 Å². The maximum absolute atomic E-state index is 13.9. The molecular weight excluding hydrogens is 566 g/mol. The van der Waals surface area contributed by atoms with E-state index < -0.39 is 6.04 Å². The highest BCUT2D eigenvalue weighted by Gasteiger charge is 2.29. The first-order valence-corrected chi connectivity index (χ1v) is 14.1. The van der Waals surface area contributed by atoms with Crippen LogP contribution in [0.15, 0.2) is 118 Å². The summed E-state index contributed by atoms with van der Waals surface area (Å²) in [4.78, 5) is 34.5. The van der Waals surface area contributed by atoms with E-state index in [4.69, 9.17) is 9.72 Å². The first-order valence-electron chi connectivity index (χ1n) is 13.3.